The highest BCUT2D eigenvalue weighted by Crippen LogP contribution is 2.16. The van der Waals surface area contributed by atoms with Crippen LogP contribution in [0.3, 0.4) is 0 Å². The maximum absolute atomic E-state index is 13.0. The molecule has 1 aromatic rings. The summed E-state index contributed by atoms with van der Waals surface area (Å²) in [6.45, 7) is -0.351. The smallest absolute Gasteiger partial charge is 0.404 e. The SMILES string of the molecule is NC(=O)OC[C@@H](O)c1ccccc1F. The van der Waals surface area contributed by atoms with Crippen LogP contribution in [0.4, 0.5) is 9.18 Å². The third-order valence-electron chi connectivity index (χ3n) is 1.65. The number of benzene rings is 1. The summed E-state index contributed by atoms with van der Waals surface area (Å²) in [5.41, 5.74) is 4.77. The zero-order chi connectivity index (χ0) is 10.6. The molecule has 0 aliphatic heterocycles. The number of nitrogens with two attached hydrogens (primary N) is 1. The zero-order valence-corrected chi connectivity index (χ0v) is 7.31. The molecule has 1 atom stereocenters. The predicted octanol–water partition coefficient (Wildman–Crippen LogP) is 0.954. The van der Waals surface area contributed by atoms with Crippen LogP contribution in [-0.4, -0.2) is 17.8 Å². The van der Waals surface area contributed by atoms with Crippen LogP contribution >= 0.6 is 0 Å². The van der Waals surface area contributed by atoms with Gasteiger partial charge in [0, 0.05) is 5.56 Å². The number of aliphatic hydroxyl groups excluding tert-OH is 1. The Hall–Kier alpha value is -1.62. The van der Waals surface area contributed by atoms with Crippen molar-refractivity contribution in [1.29, 1.82) is 0 Å². The number of carbonyl (C=O) groups is 1. The van der Waals surface area contributed by atoms with E-state index < -0.39 is 18.0 Å². The van der Waals surface area contributed by atoms with E-state index in [1.807, 2.05) is 0 Å². The van der Waals surface area contributed by atoms with E-state index in [4.69, 9.17) is 5.73 Å². The van der Waals surface area contributed by atoms with Crippen molar-refractivity contribution in [2.75, 3.05) is 6.61 Å². The summed E-state index contributed by atoms with van der Waals surface area (Å²) in [5, 5.41) is 9.38. The molecule has 0 spiro atoms. The number of hydrogen-bond acceptors (Lipinski definition) is 3. The lowest BCUT2D eigenvalue weighted by Crippen LogP contribution is -2.18. The Morgan fingerprint density at radius 3 is 2.79 bits per heavy atom. The van der Waals surface area contributed by atoms with Gasteiger partial charge in [-0.25, -0.2) is 9.18 Å². The van der Waals surface area contributed by atoms with Crippen molar-refractivity contribution in [1.82, 2.24) is 0 Å². The Morgan fingerprint density at radius 2 is 2.21 bits per heavy atom. The second-order valence-electron chi connectivity index (χ2n) is 2.67. The average Bonchev–Trinajstić information content (AvgIpc) is 2.15. The molecule has 4 nitrogen and oxygen atoms in total. The van der Waals surface area contributed by atoms with Gasteiger partial charge in [0.15, 0.2) is 0 Å². The third-order valence-corrected chi connectivity index (χ3v) is 1.65. The normalized spacial score (nSPS) is 12.1. The standard InChI is InChI=1S/C9H10FNO3/c10-7-4-2-1-3-6(7)8(12)5-14-9(11)13/h1-4,8,12H,5H2,(H2,11,13)/t8-/m1/s1. The number of halogens is 1. The number of carbonyl (C=O) groups excluding carboxylic acids is 1. The molecule has 0 heterocycles. The van der Waals surface area contributed by atoms with Crippen molar-refractivity contribution < 1.29 is 19.0 Å². The molecule has 0 unspecified atom stereocenters. The Labute approximate surface area is 80.1 Å². The Kier molecular flexibility index (Phi) is 3.41. The lowest BCUT2D eigenvalue weighted by Gasteiger charge is -2.10. The molecular weight excluding hydrogens is 189 g/mol. The van der Waals surface area contributed by atoms with Crippen molar-refractivity contribution in [3.8, 4) is 0 Å². The maximum Gasteiger partial charge on any atom is 0.404 e. The van der Waals surface area contributed by atoms with Crippen LogP contribution in [0.5, 0.6) is 0 Å². The van der Waals surface area contributed by atoms with Crippen molar-refractivity contribution in [2.24, 2.45) is 5.73 Å². The summed E-state index contributed by atoms with van der Waals surface area (Å²) in [7, 11) is 0. The molecule has 0 bridgehead atoms. The topological polar surface area (TPSA) is 72.6 Å². The van der Waals surface area contributed by atoms with E-state index >= 15 is 0 Å². The van der Waals surface area contributed by atoms with Crippen molar-refractivity contribution in [3.63, 3.8) is 0 Å². The highest BCUT2D eigenvalue weighted by Gasteiger charge is 2.13. The second kappa shape index (κ2) is 4.57. The van der Waals surface area contributed by atoms with Gasteiger partial charge in [-0.05, 0) is 6.07 Å². The van der Waals surface area contributed by atoms with Crippen LogP contribution in [0.15, 0.2) is 24.3 Å². The number of hydrogen-bond donors (Lipinski definition) is 2. The van der Waals surface area contributed by atoms with Crippen LogP contribution < -0.4 is 5.73 Å². The first kappa shape index (κ1) is 10.5. The molecule has 0 fully saturated rings. The van der Waals surface area contributed by atoms with E-state index in [-0.39, 0.29) is 12.2 Å². The lowest BCUT2D eigenvalue weighted by molar-refractivity contribution is 0.0708. The van der Waals surface area contributed by atoms with E-state index in [1.165, 1.54) is 18.2 Å². The summed E-state index contributed by atoms with van der Waals surface area (Å²) in [4.78, 5) is 10.2. The Balaban J connectivity index is 2.65. The van der Waals surface area contributed by atoms with Crippen LogP contribution in [0.2, 0.25) is 0 Å². The van der Waals surface area contributed by atoms with Gasteiger partial charge in [-0.15, -0.1) is 0 Å². The monoisotopic (exact) mass is 199 g/mol. The first-order chi connectivity index (χ1) is 6.61. The minimum absolute atomic E-state index is 0.0775. The molecule has 14 heavy (non-hydrogen) atoms. The van der Waals surface area contributed by atoms with Gasteiger partial charge < -0.3 is 15.6 Å². The van der Waals surface area contributed by atoms with Crippen LogP contribution in [0.1, 0.15) is 11.7 Å². The number of primary amides is 1. The number of rotatable bonds is 3. The molecule has 5 heteroatoms. The summed E-state index contributed by atoms with van der Waals surface area (Å²) < 4.78 is 17.4. The lowest BCUT2D eigenvalue weighted by atomic mass is 10.1. The van der Waals surface area contributed by atoms with Crippen molar-refractivity contribution in [3.05, 3.63) is 35.6 Å². The molecule has 0 saturated heterocycles. The molecule has 3 N–H and O–H groups in total. The molecule has 1 rings (SSSR count). The highest BCUT2D eigenvalue weighted by atomic mass is 19.1. The van der Waals surface area contributed by atoms with E-state index in [9.17, 15) is 14.3 Å². The molecule has 0 radical (unpaired) electrons. The Bertz CT molecular complexity index is 330. The predicted molar refractivity (Wildman–Crippen MR) is 46.9 cm³/mol. The molecular formula is C9H10FNO3. The number of ether oxygens (including phenoxy) is 1. The Morgan fingerprint density at radius 1 is 1.57 bits per heavy atom. The maximum atomic E-state index is 13.0. The summed E-state index contributed by atoms with van der Waals surface area (Å²) >= 11 is 0. The first-order valence-electron chi connectivity index (χ1n) is 3.96. The molecule has 0 aliphatic rings. The van der Waals surface area contributed by atoms with E-state index in [0.29, 0.717) is 0 Å². The fourth-order valence-electron chi connectivity index (χ4n) is 0.996. The molecule has 76 valence electrons. The minimum atomic E-state index is -1.19. The van der Waals surface area contributed by atoms with Gasteiger partial charge in [0.25, 0.3) is 0 Å². The van der Waals surface area contributed by atoms with Crippen molar-refractivity contribution in [2.45, 2.75) is 6.10 Å². The van der Waals surface area contributed by atoms with Gasteiger partial charge in [-0.2, -0.15) is 0 Å². The number of aliphatic hydroxyl groups is 1. The van der Waals surface area contributed by atoms with Gasteiger partial charge in [-0.3, -0.25) is 0 Å². The fourth-order valence-corrected chi connectivity index (χ4v) is 0.996. The van der Waals surface area contributed by atoms with Gasteiger partial charge in [-0.1, -0.05) is 18.2 Å². The summed E-state index contributed by atoms with van der Waals surface area (Å²) in [6, 6.07) is 5.69. The van der Waals surface area contributed by atoms with E-state index in [0.717, 1.165) is 0 Å². The molecule has 0 aromatic heterocycles. The quantitative estimate of drug-likeness (QED) is 0.761. The van der Waals surface area contributed by atoms with E-state index in [2.05, 4.69) is 4.74 Å². The average molecular weight is 199 g/mol. The summed E-state index contributed by atoms with van der Waals surface area (Å²) in [6.07, 6.45) is -2.19. The van der Waals surface area contributed by atoms with Gasteiger partial charge in [0.1, 0.15) is 18.5 Å². The molecule has 1 aromatic carbocycles. The van der Waals surface area contributed by atoms with Crippen LogP contribution in [-0.2, 0) is 4.74 Å². The number of amides is 1. The van der Waals surface area contributed by atoms with Gasteiger partial charge >= 0.3 is 6.09 Å². The minimum Gasteiger partial charge on any atom is -0.447 e. The van der Waals surface area contributed by atoms with Gasteiger partial charge in [0.2, 0.25) is 0 Å². The van der Waals surface area contributed by atoms with Gasteiger partial charge in [0.05, 0.1) is 0 Å². The summed E-state index contributed by atoms with van der Waals surface area (Å²) in [5.74, 6) is -0.548. The molecule has 1 amide bonds. The second-order valence-corrected chi connectivity index (χ2v) is 2.67. The first-order valence-corrected chi connectivity index (χ1v) is 3.96. The van der Waals surface area contributed by atoms with Crippen LogP contribution in [0, 0.1) is 5.82 Å². The largest absolute Gasteiger partial charge is 0.447 e. The van der Waals surface area contributed by atoms with E-state index in [1.54, 1.807) is 6.07 Å². The van der Waals surface area contributed by atoms with Crippen LogP contribution in [0.25, 0.3) is 0 Å². The van der Waals surface area contributed by atoms with Crippen molar-refractivity contribution >= 4 is 6.09 Å². The highest BCUT2D eigenvalue weighted by molar-refractivity contribution is 5.64. The molecule has 0 saturated carbocycles. The molecule has 0 aliphatic carbocycles. The zero-order valence-electron chi connectivity index (χ0n) is 7.31. The fraction of sp³-hybridized carbons (Fsp3) is 0.222. The third kappa shape index (κ3) is 2.70.